The number of thiophene rings is 1. The maximum absolute atomic E-state index is 12.4. The Labute approximate surface area is 138 Å². The van der Waals surface area contributed by atoms with Gasteiger partial charge in [-0.2, -0.15) is 4.98 Å². The Kier molecular flexibility index (Phi) is 4.78. The van der Waals surface area contributed by atoms with Crippen LogP contribution in [0.25, 0.3) is 0 Å². The van der Waals surface area contributed by atoms with Crippen molar-refractivity contribution in [2.45, 2.75) is 38.5 Å². The molecule has 1 aliphatic rings. The minimum Gasteiger partial charge on any atom is -0.342 e. The first-order valence-electron chi connectivity index (χ1n) is 7.42. The van der Waals surface area contributed by atoms with Crippen molar-refractivity contribution < 1.29 is 9.32 Å². The molecule has 3 heterocycles. The molecule has 118 valence electrons. The van der Waals surface area contributed by atoms with Gasteiger partial charge in [-0.3, -0.25) is 4.79 Å². The Morgan fingerprint density at radius 1 is 1.59 bits per heavy atom. The lowest BCUT2D eigenvalue weighted by atomic mass is 9.97. The van der Waals surface area contributed by atoms with Crippen LogP contribution in [0.2, 0.25) is 5.02 Å². The molecule has 0 unspecified atom stereocenters. The first-order valence-corrected chi connectivity index (χ1v) is 8.68. The molecule has 1 atom stereocenters. The molecule has 2 aromatic rings. The Morgan fingerprint density at radius 2 is 2.45 bits per heavy atom. The van der Waals surface area contributed by atoms with Crippen molar-refractivity contribution in [2.24, 2.45) is 0 Å². The molecule has 3 rings (SSSR count). The molecule has 0 spiro atoms. The summed E-state index contributed by atoms with van der Waals surface area (Å²) >= 11 is 7.51. The zero-order chi connectivity index (χ0) is 15.5. The van der Waals surface area contributed by atoms with Crippen LogP contribution in [0.4, 0.5) is 0 Å². The van der Waals surface area contributed by atoms with Gasteiger partial charge in [0.15, 0.2) is 5.82 Å². The number of piperidine rings is 1. The standard InChI is InChI=1S/C15H18ClN3O2S/c1-10-17-15(18-21-10)11-3-2-6-19(8-11)14(20)5-4-13-7-12(16)9-22-13/h7,9,11H,2-6,8H2,1H3/t11-/m1/s1. The van der Waals surface area contributed by atoms with Crippen molar-refractivity contribution in [1.82, 2.24) is 15.0 Å². The number of hydrogen-bond acceptors (Lipinski definition) is 5. The van der Waals surface area contributed by atoms with E-state index in [0.29, 0.717) is 18.9 Å². The lowest BCUT2D eigenvalue weighted by Gasteiger charge is -2.31. The second-order valence-electron chi connectivity index (χ2n) is 5.58. The highest BCUT2D eigenvalue weighted by Crippen LogP contribution is 2.26. The lowest BCUT2D eigenvalue weighted by molar-refractivity contribution is -0.132. The largest absolute Gasteiger partial charge is 0.342 e. The first-order chi connectivity index (χ1) is 10.6. The van der Waals surface area contributed by atoms with E-state index in [2.05, 4.69) is 10.1 Å². The Balaban J connectivity index is 1.55. The number of hydrogen-bond donors (Lipinski definition) is 0. The normalized spacial score (nSPS) is 18.6. The van der Waals surface area contributed by atoms with Gasteiger partial charge in [-0.1, -0.05) is 16.8 Å². The fourth-order valence-electron chi connectivity index (χ4n) is 2.77. The van der Waals surface area contributed by atoms with Crippen LogP contribution in [0.3, 0.4) is 0 Å². The van der Waals surface area contributed by atoms with Gasteiger partial charge in [0.2, 0.25) is 11.8 Å². The van der Waals surface area contributed by atoms with Crippen molar-refractivity contribution >= 4 is 28.8 Å². The molecule has 5 nitrogen and oxygen atoms in total. The van der Waals surface area contributed by atoms with Gasteiger partial charge in [-0.05, 0) is 25.3 Å². The highest BCUT2D eigenvalue weighted by atomic mass is 35.5. The quantitative estimate of drug-likeness (QED) is 0.856. The van der Waals surface area contributed by atoms with Crippen molar-refractivity contribution in [3.05, 3.63) is 33.1 Å². The molecule has 0 saturated carbocycles. The fraction of sp³-hybridized carbons (Fsp3) is 0.533. The molecule has 22 heavy (non-hydrogen) atoms. The third-order valence-corrected chi connectivity index (χ3v) is 5.23. The van der Waals surface area contributed by atoms with Gasteiger partial charge in [0.25, 0.3) is 0 Å². The summed E-state index contributed by atoms with van der Waals surface area (Å²) in [7, 11) is 0. The van der Waals surface area contributed by atoms with Crippen LogP contribution >= 0.6 is 22.9 Å². The molecule has 1 aliphatic heterocycles. The number of amides is 1. The van der Waals surface area contributed by atoms with E-state index in [-0.39, 0.29) is 11.8 Å². The number of halogens is 1. The predicted octanol–water partition coefficient (Wildman–Crippen LogP) is 3.43. The molecule has 0 radical (unpaired) electrons. The molecule has 2 aromatic heterocycles. The zero-order valence-corrected chi connectivity index (χ0v) is 14.0. The van der Waals surface area contributed by atoms with E-state index < -0.39 is 0 Å². The molecule has 1 amide bonds. The zero-order valence-electron chi connectivity index (χ0n) is 12.4. The fourth-order valence-corrected chi connectivity index (χ4v) is 3.85. The number of carbonyl (C=O) groups is 1. The van der Waals surface area contributed by atoms with E-state index in [1.165, 1.54) is 0 Å². The number of likely N-dealkylation sites (tertiary alicyclic amines) is 1. The van der Waals surface area contributed by atoms with E-state index in [9.17, 15) is 4.79 Å². The van der Waals surface area contributed by atoms with Gasteiger partial charge >= 0.3 is 0 Å². The summed E-state index contributed by atoms with van der Waals surface area (Å²) in [6.45, 7) is 3.29. The maximum atomic E-state index is 12.4. The van der Waals surface area contributed by atoms with Crippen molar-refractivity contribution in [1.29, 1.82) is 0 Å². The van der Waals surface area contributed by atoms with Gasteiger partial charge < -0.3 is 9.42 Å². The summed E-state index contributed by atoms with van der Waals surface area (Å²) in [6.07, 6.45) is 3.26. The van der Waals surface area contributed by atoms with Crippen LogP contribution in [0.1, 0.15) is 41.8 Å². The summed E-state index contributed by atoms with van der Waals surface area (Å²) in [5.41, 5.74) is 0. The SMILES string of the molecule is Cc1nc([C@@H]2CCCN(C(=O)CCc3cc(Cl)cs3)C2)no1. The highest BCUT2D eigenvalue weighted by molar-refractivity contribution is 7.10. The van der Waals surface area contributed by atoms with Gasteiger partial charge in [-0.25, -0.2) is 0 Å². The van der Waals surface area contributed by atoms with Crippen molar-refractivity contribution in [3.8, 4) is 0 Å². The third-order valence-electron chi connectivity index (χ3n) is 3.89. The minimum absolute atomic E-state index is 0.186. The summed E-state index contributed by atoms with van der Waals surface area (Å²) in [5.74, 6) is 1.67. The summed E-state index contributed by atoms with van der Waals surface area (Å²) < 4.78 is 5.05. The van der Waals surface area contributed by atoms with Crippen LogP contribution in [0.5, 0.6) is 0 Å². The average molecular weight is 340 g/mol. The average Bonchev–Trinajstić information content (AvgIpc) is 3.13. The number of nitrogens with zero attached hydrogens (tertiary/aromatic N) is 3. The summed E-state index contributed by atoms with van der Waals surface area (Å²) in [4.78, 5) is 19.8. The third kappa shape index (κ3) is 3.67. The topological polar surface area (TPSA) is 59.2 Å². The van der Waals surface area contributed by atoms with Gasteiger partial charge in [0.1, 0.15) is 0 Å². The molecular formula is C15H18ClN3O2S. The maximum Gasteiger partial charge on any atom is 0.223 e. The van der Waals surface area contributed by atoms with Crippen LogP contribution in [0, 0.1) is 6.92 Å². The van der Waals surface area contributed by atoms with Crippen LogP contribution in [-0.2, 0) is 11.2 Å². The molecule has 1 saturated heterocycles. The first kappa shape index (κ1) is 15.5. The van der Waals surface area contributed by atoms with Gasteiger partial charge in [0.05, 0.1) is 5.02 Å². The van der Waals surface area contributed by atoms with E-state index in [4.69, 9.17) is 16.1 Å². The number of carbonyl (C=O) groups excluding carboxylic acids is 1. The summed E-state index contributed by atoms with van der Waals surface area (Å²) in [6, 6.07) is 1.93. The van der Waals surface area contributed by atoms with Gasteiger partial charge in [-0.15, -0.1) is 11.3 Å². The monoisotopic (exact) mass is 339 g/mol. The molecule has 7 heteroatoms. The minimum atomic E-state index is 0.186. The van der Waals surface area contributed by atoms with Crippen LogP contribution in [-0.4, -0.2) is 34.0 Å². The molecule has 0 aliphatic carbocycles. The number of aryl methyl sites for hydroxylation is 2. The lowest BCUT2D eigenvalue weighted by Crippen LogP contribution is -2.39. The Morgan fingerprint density at radius 3 is 3.14 bits per heavy atom. The summed E-state index contributed by atoms with van der Waals surface area (Å²) in [5, 5.41) is 6.64. The molecule has 0 aromatic carbocycles. The number of aromatic nitrogens is 2. The number of rotatable bonds is 4. The van der Waals surface area contributed by atoms with Crippen molar-refractivity contribution in [3.63, 3.8) is 0 Å². The van der Waals surface area contributed by atoms with E-state index in [1.807, 2.05) is 16.3 Å². The van der Waals surface area contributed by atoms with Crippen LogP contribution < -0.4 is 0 Å². The molecule has 1 fully saturated rings. The van der Waals surface area contributed by atoms with Crippen LogP contribution in [0.15, 0.2) is 16.0 Å². The van der Waals surface area contributed by atoms with E-state index >= 15 is 0 Å². The molecular weight excluding hydrogens is 322 g/mol. The predicted molar refractivity (Wildman–Crippen MR) is 85.2 cm³/mol. The van der Waals surface area contributed by atoms with E-state index in [1.54, 1.807) is 18.3 Å². The van der Waals surface area contributed by atoms with Gasteiger partial charge in [0, 0.05) is 42.6 Å². The Hall–Kier alpha value is -1.40. The molecule has 0 bridgehead atoms. The van der Waals surface area contributed by atoms with E-state index in [0.717, 1.165) is 41.5 Å². The Bertz CT molecular complexity index is 655. The molecule has 0 N–H and O–H groups in total. The highest BCUT2D eigenvalue weighted by Gasteiger charge is 2.27. The second kappa shape index (κ2) is 6.79. The second-order valence-corrected chi connectivity index (χ2v) is 7.01. The van der Waals surface area contributed by atoms with Crippen molar-refractivity contribution in [2.75, 3.05) is 13.1 Å². The smallest absolute Gasteiger partial charge is 0.223 e.